The van der Waals surface area contributed by atoms with E-state index in [9.17, 15) is 10.1 Å². The van der Waals surface area contributed by atoms with Gasteiger partial charge in [-0.25, -0.2) is 0 Å². The maximum absolute atomic E-state index is 10.6. The second kappa shape index (κ2) is 3.47. The van der Waals surface area contributed by atoms with Crippen LogP contribution >= 0.6 is 12.2 Å². The van der Waals surface area contributed by atoms with Crippen molar-refractivity contribution in [3.05, 3.63) is 33.9 Å². The molecule has 0 fully saturated rings. The third-order valence-corrected chi connectivity index (χ3v) is 2.66. The summed E-state index contributed by atoms with van der Waals surface area (Å²) in [7, 11) is 0. The van der Waals surface area contributed by atoms with Crippen LogP contribution in [0, 0.1) is 10.1 Å². The Hall–Kier alpha value is -1.69. The highest BCUT2D eigenvalue weighted by atomic mass is 32.1. The van der Waals surface area contributed by atoms with Gasteiger partial charge in [-0.3, -0.25) is 10.1 Å². The largest absolute Gasteiger partial charge is 0.376 e. The lowest BCUT2D eigenvalue weighted by molar-refractivity contribution is -0.384. The Morgan fingerprint density at radius 3 is 2.93 bits per heavy atom. The number of thiocarbonyl (C=S) groups is 1. The highest BCUT2D eigenvalue weighted by Gasteiger charge is 2.23. The Morgan fingerprint density at radius 1 is 1.60 bits per heavy atom. The van der Waals surface area contributed by atoms with Crippen molar-refractivity contribution >= 4 is 28.7 Å². The smallest absolute Gasteiger partial charge is 0.271 e. The van der Waals surface area contributed by atoms with E-state index in [0.717, 1.165) is 17.7 Å². The van der Waals surface area contributed by atoms with Gasteiger partial charge in [0.1, 0.15) is 0 Å². The van der Waals surface area contributed by atoms with Gasteiger partial charge in [0.05, 0.1) is 10.6 Å². The normalized spacial score (nSPS) is 13.7. The van der Waals surface area contributed by atoms with Crippen molar-refractivity contribution in [2.24, 2.45) is 5.73 Å². The first-order chi connectivity index (χ1) is 7.09. The molecule has 0 bridgehead atoms. The predicted molar refractivity (Wildman–Crippen MR) is 60.9 cm³/mol. The Labute approximate surface area is 91.6 Å². The number of nitro groups is 1. The molecule has 0 saturated heterocycles. The van der Waals surface area contributed by atoms with Crippen molar-refractivity contribution in [3.8, 4) is 0 Å². The molecule has 0 atom stereocenters. The maximum atomic E-state index is 10.6. The zero-order valence-electron chi connectivity index (χ0n) is 7.84. The minimum absolute atomic E-state index is 0.0666. The molecular formula is C9H9N3O2S. The molecule has 0 amide bonds. The van der Waals surface area contributed by atoms with E-state index in [4.69, 9.17) is 18.0 Å². The lowest BCUT2D eigenvalue weighted by Gasteiger charge is -2.16. The van der Waals surface area contributed by atoms with Crippen molar-refractivity contribution in [2.45, 2.75) is 6.42 Å². The Balaban J connectivity index is 2.46. The number of anilines is 1. The number of benzene rings is 1. The van der Waals surface area contributed by atoms with E-state index in [1.807, 2.05) is 0 Å². The fourth-order valence-corrected chi connectivity index (χ4v) is 1.90. The number of nitro benzene ring substituents is 1. The summed E-state index contributed by atoms with van der Waals surface area (Å²) in [6.07, 6.45) is 0.824. The van der Waals surface area contributed by atoms with Gasteiger partial charge in [0.25, 0.3) is 5.69 Å². The summed E-state index contributed by atoms with van der Waals surface area (Å²) >= 11 is 4.87. The highest BCUT2D eigenvalue weighted by molar-refractivity contribution is 7.80. The third-order valence-electron chi connectivity index (χ3n) is 2.44. The summed E-state index contributed by atoms with van der Waals surface area (Å²) < 4.78 is 0. The second-order valence-corrected chi connectivity index (χ2v) is 3.73. The second-order valence-electron chi connectivity index (χ2n) is 3.31. The lowest BCUT2D eigenvalue weighted by Crippen LogP contribution is -2.33. The molecule has 1 heterocycles. The van der Waals surface area contributed by atoms with E-state index in [1.165, 1.54) is 12.1 Å². The van der Waals surface area contributed by atoms with Gasteiger partial charge >= 0.3 is 0 Å². The number of hydrogen-bond donors (Lipinski definition) is 1. The predicted octanol–water partition coefficient (Wildman–Crippen LogP) is 1.20. The van der Waals surface area contributed by atoms with Crippen LogP contribution in [0.5, 0.6) is 0 Å². The summed E-state index contributed by atoms with van der Waals surface area (Å²) in [6.45, 7) is 0.700. The van der Waals surface area contributed by atoms with Gasteiger partial charge in [-0.05, 0) is 24.2 Å². The van der Waals surface area contributed by atoms with Crippen molar-refractivity contribution in [2.75, 3.05) is 11.4 Å². The fourth-order valence-electron chi connectivity index (χ4n) is 1.71. The van der Waals surface area contributed by atoms with Crippen molar-refractivity contribution in [3.63, 3.8) is 0 Å². The van der Waals surface area contributed by atoms with Gasteiger partial charge in [0.2, 0.25) is 0 Å². The lowest BCUT2D eigenvalue weighted by atomic mass is 10.1. The summed E-state index contributed by atoms with van der Waals surface area (Å²) in [5.74, 6) is 0. The number of nitrogens with zero attached hydrogens (tertiary/aromatic N) is 2. The van der Waals surface area contributed by atoms with E-state index in [1.54, 1.807) is 11.0 Å². The molecule has 0 aliphatic carbocycles. The number of non-ortho nitro benzene ring substituents is 1. The van der Waals surface area contributed by atoms with Gasteiger partial charge in [-0.1, -0.05) is 6.07 Å². The van der Waals surface area contributed by atoms with Crippen LogP contribution in [0.3, 0.4) is 0 Å². The molecule has 0 saturated carbocycles. The SMILES string of the molecule is NC(=S)N1CCc2ccc([N+](=O)[O-])cc21. The summed E-state index contributed by atoms with van der Waals surface area (Å²) in [6, 6.07) is 4.77. The van der Waals surface area contributed by atoms with Crippen LogP contribution in [0.4, 0.5) is 11.4 Å². The number of rotatable bonds is 1. The Bertz CT molecular complexity index is 447. The van der Waals surface area contributed by atoms with Gasteiger partial charge < -0.3 is 10.6 Å². The van der Waals surface area contributed by atoms with Crippen LogP contribution < -0.4 is 10.6 Å². The van der Waals surface area contributed by atoms with Crippen LogP contribution in [-0.4, -0.2) is 16.6 Å². The molecule has 0 radical (unpaired) electrons. The first kappa shape index (κ1) is 9.85. The van der Waals surface area contributed by atoms with Gasteiger partial charge in [-0.15, -0.1) is 0 Å². The number of hydrogen-bond acceptors (Lipinski definition) is 3. The molecule has 6 heteroatoms. The third kappa shape index (κ3) is 1.63. The topological polar surface area (TPSA) is 72.4 Å². The molecule has 1 aromatic rings. The minimum Gasteiger partial charge on any atom is -0.376 e. The summed E-state index contributed by atoms with van der Waals surface area (Å²) in [5, 5.41) is 10.9. The number of fused-ring (bicyclic) bond motifs is 1. The molecule has 2 rings (SSSR count). The van der Waals surface area contributed by atoms with Gasteiger partial charge in [0, 0.05) is 18.7 Å². The Morgan fingerprint density at radius 2 is 2.33 bits per heavy atom. The molecule has 1 aliphatic heterocycles. The fraction of sp³-hybridized carbons (Fsp3) is 0.222. The van der Waals surface area contributed by atoms with Crippen molar-refractivity contribution in [1.82, 2.24) is 0 Å². The molecule has 5 nitrogen and oxygen atoms in total. The Kier molecular flexibility index (Phi) is 2.28. The van der Waals surface area contributed by atoms with E-state index in [0.29, 0.717) is 6.54 Å². The average molecular weight is 223 g/mol. The molecule has 0 unspecified atom stereocenters. The van der Waals surface area contributed by atoms with E-state index < -0.39 is 4.92 Å². The van der Waals surface area contributed by atoms with Crippen LogP contribution in [0.15, 0.2) is 18.2 Å². The molecule has 2 N–H and O–H groups in total. The zero-order valence-corrected chi connectivity index (χ0v) is 8.66. The highest BCUT2D eigenvalue weighted by Crippen LogP contribution is 2.31. The molecular weight excluding hydrogens is 214 g/mol. The van der Waals surface area contributed by atoms with Crippen LogP contribution in [0.2, 0.25) is 0 Å². The number of nitrogens with two attached hydrogens (primary N) is 1. The van der Waals surface area contributed by atoms with E-state index in [-0.39, 0.29) is 10.8 Å². The van der Waals surface area contributed by atoms with Crippen LogP contribution in [0.25, 0.3) is 0 Å². The summed E-state index contributed by atoms with van der Waals surface area (Å²) in [5.41, 5.74) is 7.40. The molecule has 1 aliphatic rings. The van der Waals surface area contributed by atoms with E-state index >= 15 is 0 Å². The first-order valence-electron chi connectivity index (χ1n) is 4.44. The standard InChI is InChI=1S/C9H9N3O2S/c10-9(15)11-4-3-6-1-2-7(12(13)14)5-8(6)11/h1-2,5H,3-4H2,(H2,10,15). The molecule has 0 aromatic heterocycles. The molecule has 15 heavy (non-hydrogen) atoms. The average Bonchev–Trinajstić information content (AvgIpc) is 2.59. The van der Waals surface area contributed by atoms with Crippen molar-refractivity contribution < 1.29 is 4.92 Å². The minimum atomic E-state index is -0.420. The van der Waals surface area contributed by atoms with Gasteiger partial charge in [0.15, 0.2) is 5.11 Å². The molecule has 1 aromatic carbocycles. The van der Waals surface area contributed by atoms with Crippen LogP contribution in [-0.2, 0) is 6.42 Å². The quantitative estimate of drug-likeness (QED) is 0.440. The maximum Gasteiger partial charge on any atom is 0.271 e. The van der Waals surface area contributed by atoms with E-state index in [2.05, 4.69) is 0 Å². The molecule has 78 valence electrons. The van der Waals surface area contributed by atoms with Crippen molar-refractivity contribution in [1.29, 1.82) is 0 Å². The first-order valence-corrected chi connectivity index (χ1v) is 4.84. The zero-order chi connectivity index (χ0) is 11.0. The van der Waals surface area contributed by atoms with Gasteiger partial charge in [-0.2, -0.15) is 0 Å². The summed E-state index contributed by atoms with van der Waals surface area (Å²) in [4.78, 5) is 11.9. The molecule has 0 spiro atoms. The van der Waals surface area contributed by atoms with Crippen LogP contribution in [0.1, 0.15) is 5.56 Å². The monoisotopic (exact) mass is 223 g/mol.